The number of rotatable bonds is 5. The van der Waals surface area contributed by atoms with Crippen molar-refractivity contribution in [2.75, 3.05) is 14.2 Å². The van der Waals surface area contributed by atoms with E-state index in [9.17, 15) is 23.4 Å². The van der Waals surface area contributed by atoms with Crippen LogP contribution in [0.25, 0.3) is 22.3 Å². The molecule has 0 fully saturated rings. The Morgan fingerprint density at radius 3 is 2.07 bits per heavy atom. The first kappa shape index (κ1) is 19.3. The van der Waals surface area contributed by atoms with Gasteiger partial charge in [-0.25, -0.2) is 0 Å². The topological polar surface area (TPSA) is 153 Å². The van der Waals surface area contributed by atoms with E-state index in [0.29, 0.717) is 5.56 Å². The second-order valence-electron chi connectivity index (χ2n) is 5.53. The van der Waals surface area contributed by atoms with Gasteiger partial charge in [0.1, 0.15) is 22.5 Å². The van der Waals surface area contributed by atoms with Gasteiger partial charge in [0.15, 0.2) is 22.7 Å². The van der Waals surface area contributed by atoms with Crippen LogP contribution in [-0.4, -0.2) is 37.4 Å². The molecule has 148 valence electrons. The van der Waals surface area contributed by atoms with E-state index in [1.54, 1.807) is 0 Å². The molecule has 3 N–H and O–H groups in total. The highest BCUT2D eigenvalue weighted by atomic mass is 32.3. The third-order valence-electron chi connectivity index (χ3n) is 3.74. The normalized spacial score (nSPS) is 11.4. The second kappa shape index (κ2) is 6.94. The summed E-state index contributed by atoms with van der Waals surface area (Å²) in [4.78, 5) is 12.6. The predicted molar refractivity (Wildman–Crippen MR) is 96.5 cm³/mol. The van der Waals surface area contributed by atoms with E-state index in [1.165, 1.54) is 26.4 Å². The second-order valence-corrected chi connectivity index (χ2v) is 6.55. The lowest BCUT2D eigenvalue weighted by atomic mass is 10.1. The zero-order valence-electron chi connectivity index (χ0n) is 14.5. The summed E-state index contributed by atoms with van der Waals surface area (Å²) in [6.07, 6.45) is 0. The molecule has 0 radical (unpaired) electrons. The Hall–Kier alpha value is -3.44. The van der Waals surface area contributed by atoms with E-state index in [2.05, 4.69) is 4.18 Å². The van der Waals surface area contributed by atoms with Crippen molar-refractivity contribution >= 4 is 21.4 Å². The van der Waals surface area contributed by atoms with Gasteiger partial charge in [0, 0.05) is 23.8 Å². The zero-order chi connectivity index (χ0) is 20.6. The quantitative estimate of drug-likeness (QED) is 0.533. The van der Waals surface area contributed by atoms with Gasteiger partial charge in [-0.2, -0.15) is 8.42 Å². The monoisotopic (exact) mass is 410 g/mol. The van der Waals surface area contributed by atoms with Crippen molar-refractivity contribution in [1.29, 1.82) is 0 Å². The van der Waals surface area contributed by atoms with E-state index in [1.807, 2.05) is 0 Å². The number of hydrogen-bond acceptors (Lipinski definition) is 9. The third kappa shape index (κ3) is 3.66. The molecule has 0 aliphatic heterocycles. The number of hydrogen-bond donors (Lipinski definition) is 3. The number of ether oxygens (including phenoxy) is 2. The smallest absolute Gasteiger partial charge is 0.446 e. The van der Waals surface area contributed by atoms with Gasteiger partial charge in [-0.1, -0.05) is 0 Å². The van der Waals surface area contributed by atoms with Gasteiger partial charge in [0.25, 0.3) is 0 Å². The summed E-state index contributed by atoms with van der Waals surface area (Å²) < 4.78 is 50.9. The van der Waals surface area contributed by atoms with Gasteiger partial charge >= 0.3 is 10.4 Å². The molecule has 0 saturated heterocycles. The molecule has 0 saturated carbocycles. The molecular weight excluding hydrogens is 396 g/mol. The van der Waals surface area contributed by atoms with Crippen molar-refractivity contribution in [3.63, 3.8) is 0 Å². The third-order valence-corrected chi connectivity index (χ3v) is 4.13. The fourth-order valence-electron chi connectivity index (χ4n) is 2.60. The van der Waals surface area contributed by atoms with E-state index < -0.39 is 27.3 Å². The molecule has 0 atom stereocenters. The number of phenols is 2. The minimum Gasteiger partial charge on any atom is -0.508 e. The molecule has 11 heteroatoms. The van der Waals surface area contributed by atoms with E-state index >= 15 is 0 Å². The molecule has 3 rings (SSSR count). The molecule has 0 aliphatic carbocycles. The Morgan fingerprint density at radius 1 is 0.929 bits per heavy atom. The largest absolute Gasteiger partial charge is 0.508 e. The first-order valence-electron chi connectivity index (χ1n) is 7.56. The first-order chi connectivity index (χ1) is 13.1. The number of benzene rings is 2. The molecule has 0 unspecified atom stereocenters. The van der Waals surface area contributed by atoms with Crippen molar-refractivity contribution in [3.05, 3.63) is 40.6 Å². The van der Waals surface area contributed by atoms with Crippen LogP contribution in [0.2, 0.25) is 0 Å². The van der Waals surface area contributed by atoms with Crippen molar-refractivity contribution < 1.29 is 41.3 Å². The van der Waals surface area contributed by atoms with Gasteiger partial charge in [-0.15, -0.1) is 0 Å². The minimum absolute atomic E-state index is 0.0116. The summed E-state index contributed by atoms with van der Waals surface area (Å²) in [6.45, 7) is 0. The summed E-state index contributed by atoms with van der Waals surface area (Å²) in [5, 5.41) is 19.5. The molecule has 2 aromatic carbocycles. The Kier molecular flexibility index (Phi) is 4.79. The highest BCUT2D eigenvalue weighted by Crippen LogP contribution is 2.41. The van der Waals surface area contributed by atoms with Crippen molar-refractivity contribution in [3.8, 4) is 40.1 Å². The fraction of sp³-hybridized carbons (Fsp3) is 0.118. The summed E-state index contributed by atoms with van der Waals surface area (Å²) in [6, 6.07) is 5.74. The maximum Gasteiger partial charge on any atom is 0.446 e. The van der Waals surface area contributed by atoms with Gasteiger partial charge in [-0.05, 0) is 12.1 Å². The van der Waals surface area contributed by atoms with Crippen LogP contribution in [-0.2, 0) is 10.4 Å². The predicted octanol–water partition coefficient (Wildman–Crippen LogP) is 2.07. The van der Waals surface area contributed by atoms with Crippen LogP contribution in [0, 0.1) is 0 Å². The summed E-state index contributed by atoms with van der Waals surface area (Å²) >= 11 is 0. The highest BCUT2D eigenvalue weighted by Gasteiger charge is 2.19. The molecular formula is C17H14O10S. The molecule has 1 aromatic heterocycles. The van der Waals surface area contributed by atoms with Crippen molar-refractivity contribution in [2.24, 2.45) is 0 Å². The lowest BCUT2D eigenvalue weighted by Gasteiger charge is -2.12. The number of methoxy groups -OCH3 is 2. The Balaban J connectivity index is 2.27. The molecule has 0 spiro atoms. The number of phenolic OH excluding ortho intramolecular Hbond substituents is 2. The maximum absolute atomic E-state index is 12.6. The van der Waals surface area contributed by atoms with Crippen LogP contribution in [0.3, 0.4) is 0 Å². The molecule has 1 heterocycles. The van der Waals surface area contributed by atoms with E-state index in [0.717, 1.165) is 18.2 Å². The first-order valence-corrected chi connectivity index (χ1v) is 8.92. The van der Waals surface area contributed by atoms with Gasteiger partial charge < -0.3 is 28.3 Å². The van der Waals surface area contributed by atoms with Gasteiger partial charge in [0.2, 0.25) is 5.75 Å². The molecule has 0 amide bonds. The lowest BCUT2D eigenvalue weighted by Crippen LogP contribution is -2.10. The standard InChI is InChI=1S/C17H14O10S/c1-24-14-3-8(4-15(25-2)17(14)20)11-7-10(19)16-12(26-11)5-9(18)6-13(16)27-28(21,22)23/h3-7,18,20H,1-2H3,(H,21,22,23). The number of fused-ring (bicyclic) bond motifs is 1. The molecule has 3 aromatic rings. The van der Waals surface area contributed by atoms with Crippen LogP contribution in [0.5, 0.6) is 28.7 Å². The highest BCUT2D eigenvalue weighted by molar-refractivity contribution is 7.81. The average Bonchev–Trinajstić information content (AvgIpc) is 2.59. The minimum atomic E-state index is -4.94. The van der Waals surface area contributed by atoms with Crippen LogP contribution in [0.1, 0.15) is 0 Å². The van der Waals surface area contributed by atoms with Gasteiger partial charge in [-0.3, -0.25) is 9.35 Å². The SMILES string of the molecule is COc1cc(-c2cc(=O)c3c(OS(=O)(=O)O)cc(O)cc3o2)cc(OC)c1O. The van der Waals surface area contributed by atoms with Crippen LogP contribution < -0.4 is 19.1 Å². The van der Waals surface area contributed by atoms with Crippen molar-refractivity contribution in [1.82, 2.24) is 0 Å². The van der Waals surface area contributed by atoms with Crippen LogP contribution in [0.15, 0.2) is 39.5 Å². The zero-order valence-corrected chi connectivity index (χ0v) is 15.3. The molecule has 28 heavy (non-hydrogen) atoms. The van der Waals surface area contributed by atoms with E-state index in [-0.39, 0.29) is 34.0 Å². The summed E-state index contributed by atoms with van der Waals surface area (Å²) in [5.41, 5.74) is -0.612. The lowest BCUT2D eigenvalue weighted by molar-refractivity contribution is 0.340. The fourth-order valence-corrected chi connectivity index (χ4v) is 2.95. The van der Waals surface area contributed by atoms with Gasteiger partial charge in [0.05, 0.1) is 14.2 Å². The Bertz CT molecular complexity index is 1200. The maximum atomic E-state index is 12.6. The van der Waals surface area contributed by atoms with Crippen LogP contribution in [0.4, 0.5) is 0 Å². The summed E-state index contributed by atoms with van der Waals surface area (Å²) in [5.74, 6) is -1.19. The molecule has 0 bridgehead atoms. The Morgan fingerprint density at radius 2 is 1.54 bits per heavy atom. The van der Waals surface area contributed by atoms with Crippen molar-refractivity contribution in [2.45, 2.75) is 0 Å². The summed E-state index contributed by atoms with van der Waals surface area (Å²) in [7, 11) is -2.29. The van der Waals surface area contributed by atoms with Crippen LogP contribution >= 0.6 is 0 Å². The molecule has 0 aliphatic rings. The Labute approximate surface area is 158 Å². The number of aromatic hydroxyl groups is 2. The average molecular weight is 410 g/mol. The molecule has 10 nitrogen and oxygen atoms in total. The van der Waals surface area contributed by atoms with E-state index in [4.69, 9.17) is 18.4 Å².